The highest BCUT2D eigenvalue weighted by Crippen LogP contribution is 2.37. The van der Waals surface area contributed by atoms with Gasteiger partial charge in [0.2, 0.25) is 3.79 Å². The van der Waals surface area contributed by atoms with Crippen LogP contribution in [0.3, 0.4) is 0 Å². The molecule has 0 atom stereocenters. The number of imidazole rings is 1. The van der Waals surface area contributed by atoms with Crippen molar-refractivity contribution in [1.29, 1.82) is 0 Å². The van der Waals surface area contributed by atoms with Crippen molar-refractivity contribution in [3.63, 3.8) is 0 Å². The standard InChI is InChI=1S/C9H6Cl4N2/c1-4-5(10)2-3-6-7(4)15-8(14-6)9(11,12)13/h2-3H,1H3,(H,14,15). The Bertz CT molecular complexity index is 513. The summed E-state index contributed by atoms with van der Waals surface area (Å²) in [4.78, 5) is 7.15. The van der Waals surface area contributed by atoms with Crippen molar-refractivity contribution in [3.05, 3.63) is 28.5 Å². The molecule has 2 aromatic rings. The lowest BCUT2D eigenvalue weighted by atomic mass is 10.2. The minimum Gasteiger partial charge on any atom is -0.338 e. The number of H-pyrrole nitrogens is 1. The van der Waals surface area contributed by atoms with Crippen LogP contribution in [0.4, 0.5) is 0 Å². The quantitative estimate of drug-likeness (QED) is 0.716. The molecule has 1 heterocycles. The van der Waals surface area contributed by atoms with E-state index in [4.69, 9.17) is 46.4 Å². The maximum Gasteiger partial charge on any atom is 0.248 e. The van der Waals surface area contributed by atoms with Crippen LogP contribution in [-0.2, 0) is 3.79 Å². The smallest absolute Gasteiger partial charge is 0.248 e. The van der Waals surface area contributed by atoms with E-state index in [2.05, 4.69) is 9.97 Å². The topological polar surface area (TPSA) is 28.7 Å². The Morgan fingerprint density at radius 1 is 1.27 bits per heavy atom. The molecule has 0 fully saturated rings. The number of alkyl halides is 3. The second kappa shape index (κ2) is 3.70. The minimum absolute atomic E-state index is 0.299. The van der Waals surface area contributed by atoms with Crippen molar-refractivity contribution in [3.8, 4) is 0 Å². The molecule has 80 valence electrons. The van der Waals surface area contributed by atoms with Gasteiger partial charge in [0.15, 0.2) is 5.82 Å². The maximum atomic E-state index is 5.96. The van der Waals surface area contributed by atoms with E-state index in [-0.39, 0.29) is 0 Å². The Hall–Kier alpha value is -0.150. The van der Waals surface area contributed by atoms with E-state index in [0.717, 1.165) is 16.6 Å². The van der Waals surface area contributed by atoms with Gasteiger partial charge in [-0.3, -0.25) is 0 Å². The molecule has 0 saturated heterocycles. The number of aromatic amines is 1. The molecule has 0 aliphatic heterocycles. The Labute approximate surface area is 106 Å². The normalized spacial score (nSPS) is 12.3. The van der Waals surface area contributed by atoms with Gasteiger partial charge in [-0.1, -0.05) is 46.4 Å². The third-order valence-corrected chi connectivity index (χ3v) is 3.06. The average Bonchev–Trinajstić information content (AvgIpc) is 2.55. The zero-order chi connectivity index (χ0) is 11.2. The monoisotopic (exact) mass is 282 g/mol. The highest BCUT2D eigenvalue weighted by molar-refractivity contribution is 6.66. The molecule has 1 N–H and O–H groups in total. The molecule has 0 unspecified atom stereocenters. The number of aryl methyl sites for hydroxylation is 1. The van der Waals surface area contributed by atoms with Crippen molar-refractivity contribution in [2.45, 2.75) is 10.7 Å². The first kappa shape index (κ1) is 11.3. The number of hydrogen-bond donors (Lipinski definition) is 1. The molecule has 0 radical (unpaired) electrons. The molecule has 0 aliphatic rings. The first-order chi connectivity index (χ1) is 6.89. The average molecular weight is 284 g/mol. The third-order valence-electron chi connectivity index (χ3n) is 2.11. The highest BCUT2D eigenvalue weighted by atomic mass is 35.6. The van der Waals surface area contributed by atoms with Crippen molar-refractivity contribution in [1.82, 2.24) is 9.97 Å². The van der Waals surface area contributed by atoms with Crippen LogP contribution in [0, 0.1) is 6.92 Å². The van der Waals surface area contributed by atoms with Gasteiger partial charge in [-0.25, -0.2) is 4.98 Å². The lowest BCUT2D eigenvalue weighted by molar-refractivity contribution is 1.05. The molecule has 6 heteroatoms. The van der Waals surface area contributed by atoms with E-state index in [0.29, 0.717) is 10.8 Å². The van der Waals surface area contributed by atoms with E-state index in [9.17, 15) is 0 Å². The summed E-state index contributed by atoms with van der Waals surface area (Å²) in [7, 11) is 0. The largest absolute Gasteiger partial charge is 0.338 e. The Morgan fingerprint density at radius 3 is 2.53 bits per heavy atom. The summed E-state index contributed by atoms with van der Waals surface area (Å²) in [6.07, 6.45) is 0. The first-order valence-electron chi connectivity index (χ1n) is 4.11. The second-order valence-electron chi connectivity index (χ2n) is 3.15. The lowest BCUT2D eigenvalue weighted by Crippen LogP contribution is -2.02. The molecular formula is C9H6Cl4N2. The summed E-state index contributed by atoms with van der Waals surface area (Å²) >= 11 is 23.1. The van der Waals surface area contributed by atoms with Crippen LogP contribution in [0.5, 0.6) is 0 Å². The van der Waals surface area contributed by atoms with Crippen LogP contribution >= 0.6 is 46.4 Å². The maximum absolute atomic E-state index is 5.96. The highest BCUT2D eigenvalue weighted by Gasteiger charge is 2.27. The fourth-order valence-electron chi connectivity index (χ4n) is 1.32. The van der Waals surface area contributed by atoms with E-state index in [1.54, 1.807) is 12.1 Å². The Morgan fingerprint density at radius 2 is 1.93 bits per heavy atom. The van der Waals surface area contributed by atoms with Crippen LogP contribution in [0.1, 0.15) is 11.4 Å². The van der Waals surface area contributed by atoms with Crippen LogP contribution in [0.2, 0.25) is 5.02 Å². The number of aromatic nitrogens is 2. The van der Waals surface area contributed by atoms with Gasteiger partial charge < -0.3 is 4.98 Å². The number of hydrogen-bond acceptors (Lipinski definition) is 1. The van der Waals surface area contributed by atoms with Crippen molar-refractivity contribution >= 4 is 57.4 Å². The predicted molar refractivity (Wildman–Crippen MR) is 65.1 cm³/mol. The van der Waals surface area contributed by atoms with Crippen LogP contribution in [0.25, 0.3) is 11.0 Å². The van der Waals surface area contributed by atoms with Gasteiger partial charge in [-0.15, -0.1) is 0 Å². The molecule has 0 spiro atoms. The molecule has 0 saturated carbocycles. The summed E-state index contributed by atoms with van der Waals surface area (Å²) in [6, 6.07) is 3.58. The van der Waals surface area contributed by atoms with Gasteiger partial charge >= 0.3 is 0 Å². The second-order valence-corrected chi connectivity index (χ2v) is 5.84. The molecule has 1 aromatic heterocycles. The molecule has 15 heavy (non-hydrogen) atoms. The summed E-state index contributed by atoms with van der Waals surface area (Å²) in [6.45, 7) is 1.87. The van der Waals surface area contributed by atoms with E-state index >= 15 is 0 Å². The van der Waals surface area contributed by atoms with Crippen molar-refractivity contribution < 1.29 is 0 Å². The fourth-order valence-corrected chi connectivity index (χ4v) is 1.74. The third kappa shape index (κ3) is 2.04. The van der Waals surface area contributed by atoms with Gasteiger partial charge in [0.25, 0.3) is 0 Å². The summed E-state index contributed by atoms with van der Waals surface area (Å²) in [5.41, 5.74) is 2.40. The van der Waals surface area contributed by atoms with Gasteiger partial charge in [0.1, 0.15) is 0 Å². The molecule has 0 bridgehead atoms. The van der Waals surface area contributed by atoms with E-state index < -0.39 is 3.79 Å². The van der Waals surface area contributed by atoms with E-state index in [1.807, 2.05) is 6.92 Å². The molecule has 2 nitrogen and oxygen atoms in total. The van der Waals surface area contributed by atoms with Gasteiger partial charge in [-0.05, 0) is 24.6 Å². The summed E-state index contributed by atoms with van der Waals surface area (Å²) in [5.74, 6) is 0.299. The van der Waals surface area contributed by atoms with Crippen LogP contribution < -0.4 is 0 Å². The van der Waals surface area contributed by atoms with Crippen LogP contribution in [-0.4, -0.2) is 9.97 Å². The van der Waals surface area contributed by atoms with Gasteiger partial charge in [-0.2, -0.15) is 0 Å². The molecule has 0 amide bonds. The number of fused-ring (bicyclic) bond motifs is 1. The SMILES string of the molecule is Cc1c(Cl)ccc2[nH]c(C(Cl)(Cl)Cl)nc12. The molecular weight excluding hydrogens is 278 g/mol. The lowest BCUT2D eigenvalue weighted by Gasteiger charge is -2.04. The predicted octanol–water partition coefficient (Wildman–Crippen LogP) is 4.35. The molecule has 2 rings (SSSR count). The molecule has 0 aliphatic carbocycles. The van der Waals surface area contributed by atoms with Gasteiger partial charge in [0.05, 0.1) is 11.0 Å². The Balaban J connectivity index is 2.72. The Kier molecular flexibility index (Phi) is 2.80. The number of benzene rings is 1. The van der Waals surface area contributed by atoms with Crippen molar-refractivity contribution in [2.75, 3.05) is 0 Å². The van der Waals surface area contributed by atoms with Crippen LogP contribution in [0.15, 0.2) is 12.1 Å². The van der Waals surface area contributed by atoms with Crippen molar-refractivity contribution in [2.24, 2.45) is 0 Å². The van der Waals surface area contributed by atoms with E-state index in [1.165, 1.54) is 0 Å². The minimum atomic E-state index is -1.54. The number of nitrogens with zero attached hydrogens (tertiary/aromatic N) is 1. The number of rotatable bonds is 0. The summed E-state index contributed by atoms with van der Waals surface area (Å²) < 4.78 is -1.54. The fraction of sp³-hybridized carbons (Fsp3) is 0.222. The number of nitrogens with one attached hydrogen (secondary N) is 1. The number of halogens is 4. The van der Waals surface area contributed by atoms with Gasteiger partial charge in [0, 0.05) is 5.02 Å². The zero-order valence-electron chi connectivity index (χ0n) is 7.61. The zero-order valence-corrected chi connectivity index (χ0v) is 10.6. The summed E-state index contributed by atoms with van der Waals surface area (Å²) in [5, 5.41) is 0.643. The first-order valence-corrected chi connectivity index (χ1v) is 5.63. The molecule has 1 aromatic carbocycles.